The number of hydrogen-bond donors (Lipinski definition) is 2. The first-order valence-corrected chi connectivity index (χ1v) is 13.4. The molecule has 3 nitrogen and oxygen atoms in total. The van der Waals surface area contributed by atoms with Crippen LogP contribution in [0.15, 0.2) is 36.4 Å². The first kappa shape index (κ1) is 40.1. The van der Waals surface area contributed by atoms with E-state index < -0.39 is 18.0 Å². The van der Waals surface area contributed by atoms with Gasteiger partial charge in [-0.15, -0.1) is 0 Å². The van der Waals surface area contributed by atoms with Gasteiger partial charge in [-0.05, 0) is 43.5 Å². The summed E-state index contributed by atoms with van der Waals surface area (Å²) >= 11 is 0. The van der Waals surface area contributed by atoms with E-state index in [0.29, 0.717) is 5.56 Å². The molecular weight excluding hydrogens is 561 g/mol. The smallest absolute Gasteiger partial charge is 0.387 e. The fraction of sp³-hybridized carbons (Fsp3) is 0.581. The van der Waals surface area contributed by atoms with E-state index in [-0.39, 0.29) is 63.2 Å². The van der Waals surface area contributed by atoms with Gasteiger partial charge in [0.25, 0.3) is 0 Å². The molecule has 2 saturated carbocycles. The molecule has 4 rings (SSSR count). The zero-order chi connectivity index (χ0) is 25.1. The summed E-state index contributed by atoms with van der Waals surface area (Å²) in [5.74, 6) is 0.869. The molecule has 0 aliphatic heterocycles. The SMILES string of the molecule is C1CCCC1.Cc1ccc(-c2cc([C@H](O)CNCCCCC3CCCC3)cc(C(F)(F)F)n2)cc1.S.[CH3-].[CH3-].[Fe+2]. The van der Waals surface area contributed by atoms with Crippen LogP contribution < -0.4 is 5.32 Å². The fourth-order valence-electron chi connectivity index (χ4n) is 4.98. The number of pyridine rings is 1. The monoisotopic (exact) mass is 610 g/mol. The van der Waals surface area contributed by atoms with Gasteiger partial charge < -0.3 is 25.3 Å². The third-order valence-electron chi connectivity index (χ3n) is 7.15. The third kappa shape index (κ3) is 14.4. The van der Waals surface area contributed by atoms with E-state index >= 15 is 0 Å². The van der Waals surface area contributed by atoms with Gasteiger partial charge in [0.05, 0.1) is 11.8 Å². The van der Waals surface area contributed by atoms with Crippen molar-refractivity contribution in [2.24, 2.45) is 5.92 Å². The van der Waals surface area contributed by atoms with Crippen molar-refractivity contribution in [3.05, 3.63) is 68.1 Å². The maximum atomic E-state index is 13.4. The molecule has 1 heterocycles. The minimum absolute atomic E-state index is 0. The summed E-state index contributed by atoms with van der Waals surface area (Å²) in [5, 5.41) is 13.7. The van der Waals surface area contributed by atoms with Crippen molar-refractivity contribution in [3.63, 3.8) is 0 Å². The Kier molecular flexibility index (Phi) is 21.4. The zero-order valence-electron chi connectivity index (χ0n) is 23.9. The van der Waals surface area contributed by atoms with Gasteiger partial charge in [-0.2, -0.15) is 26.7 Å². The van der Waals surface area contributed by atoms with Gasteiger partial charge in [-0.25, -0.2) is 4.98 Å². The quantitative estimate of drug-likeness (QED) is 0.169. The minimum atomic E-state index is -4.57. The standard InChI is InChI=1S/C24H31F3N2O.C5H10.2CH3.Fe.H2S/c1-17-9-11-19(12-10-17)21-14-20(15-23(29-21)24(25,26)27)22(30)16-28-13-5-4-8-18-6-2-3-7-18;1-2-4-5-3-1;;;;/h9-12,14-15,18,22,28,30H,2-8,13,16H2,1H3;1-5H2;2*1H3;;1H2/q;;2*-1;+2;/t22-;;;;;/m1...../s1. The van der Waals surface area contributed by atoms with E-state index in [1.807, 2.05) is 19.1 Å². The topological polar surface area (TPSA) is 45.1 Å². The van der Waals surface area contributed by atoms with Crippen molar-refractivity contribution in [1.29, 1.82) is 0 Å². The third-order valence-corrected chi connectivity index (χ3v) is 7.15. The van der Waals surface area contributed by atoms with Crippen LogP contribution in [0.5, 0.6) is 0 Å². The van der Waals surface area contributed by atoms with Crippen molar-refractivity contribution in [2.45, 2.75) is 96.3 Å². The maximum Gasteiger partial charge on any atom is 2.00 e. The number of nitrogens with zero attached hydrogens (tertiary/aromatic N) is 1. The molecule has 0 unspecified atom stereocenters. The average molecular weight is 611 g/mol. The molecule has 2 aliphatic carbocycles. The van der Waals surface area contributed by atoms with E-state index in [4.69, 9.17) is 0 Å². The molecule has 0 saturated heterocycles. The van der Waals surface area contributed by atoms with Crippen LogP contribution >= 0.6 is 13.5 Å². The molecule has 1 aromatic heterocycles. The predicted octanol–water partition coefficient (Wildman–Crippen LogP) is 9.02. The van der Waals surface area contributed by atoms with E-state index in [1.165, 1.54) is 64.2 Å². The summed E-state index contributed by atoms with van der Waals surface area (Å²) in [4.78, 5) is 3.79. The zero-order valence-corrected chi connectivity index (χ0v) is 26.0. The first-order valence-electron chi connectivity index (χ1n) is 13.4. The number of unbranched alkanes of at least 4 members (excludes halogenated alkanes) is 1. The van der Waals surface area contributed by atoms with Crippen LogP contribution in [0.1, 0.15) is 100.0 Å². The molecular formula is C31H49F3FeN2OS. The summed E-state index contributed by atoms with van der Waals surface area (Å²) < 4.78 is 40.1. The molecule has 8 heteroatoms. The Morgan fingerprint density at radius 2 is 1.49 bits per heavy atom. The molecule has 0 spiro atoms. The van der Waals surface area contributed by atoms with Crippen molar-refractivity contribution in [3.8, 4) is 11.3 Å². The number of benzene rings is 1. The van der Waals surface area contributed by atoms with Crippen LogP contribution in [-0.2, 0) is 23.2 Å². The van der Waals surface area contributed by atoms with Crippen LogP contribution in [0.2, 0.25) is 0 Å². The Labute approximate surface area is 253 Å². The normalized spacial score (nSPS) is 15.5. The largest absolute Gasteiger partial charge is 2.00 e. The fourth-order valence-corrected chi connectivity index (χ4v) is 4.98. The number of alkyl halides is 3. The predicted molar refractivity (Wildman–Crippen MR) is 159 cm³/mol. The number of hydrogen-bond acceptors (Lipinski definition) is 3. The summed E-state index contributed by atoms with van der Waals surface area (Å²) in [5.41, 5.74) is 1.08. The van der Waals surface area contributed by atoms with Crippen LogP contribution in [-0.4, -0.2) is 23.2 Å². The van der Waals surface area contributed by atoms with Crippen LogP contribution in [0.4, 0.5) is 13.2 Å². The number of aryl methyl sites for hydroxylation is 1. The molecule has 2 aliphatic rings. The average Bonchev–Trinajstić information content (AvgIpc) is 3.58. The van der Waals surface area contributed by atoms with Crippen molar-refractivity contribution < 1.29 is 35.3 Å². The number of aliphatic hydroxyl groups is 1. The Balaban J connectivity index is 0. The Morgan fingerprint density at radius 3 is 2.03 bits per heavy atom. The van der Waals surface area contributed by atoms with Gasteiger partial charge in [-0.3, -0.25) is 0 Å². The molecule has 2 aromatic rings. The number of nitrogens with one attached hydrogen (secondary N) is 1. The molecule has 0 bridgehead atoms. The van der Waals surface area contributed by atoms with Crippen molar-refractivity contribution in [1.82, 2.24) is 10.3 Å². The summed E-state index contributed by atoms with van der Waals surface area (Å²) in [7, 11) is 0. The molecule has 224 valence electrons. The summed E-state index contributed by atoms with van der Waals surface area (Å²) in [6, 6.07) is 9.66. The minimum Gasteiger partial charge on any atom is -0.387 e. The Bertz CT molecular complexity index is 879. The molecule has 2 fully saturated rings. The number of rotatable bonds is 9. The molecule has 39 heavy (non-hydrogen) atoms. The van der Waals surface area contributed by atoms with Crippen molar-refractivity contribution >= 4 is 13.5 Å². The van der Waals surface area contributed by atoms with E-state index in [0.717, 1.165) is 36.9 Å². The number of aromatic nitrogens is 1. The van der Waals surface area contributed by atoms with Crippen LogP contribution in [0, 0.1) is 27.7 Å². The summed E-state index contributed by atoms with van der Waals surface area (Å²) in [6.07, 6.45) is 10.7. The number of halogens is 3. The molecule has 0 radical (unpaired) electrons. The Hall–Kier alpha value is -1.05. The van der Waals surface area contributed by atoms with E-state index in [1.54, 1.807) is 18.2 Å². The van der Waals surface area contributed by atoms with Gasteiger partial charge in [0, 0.05) is 12.1 Å². The Morgan fingerprint density at radius 1 is 0.923 bits per heavy atom. The van der Waals surface area contributed by atoms with Crippen LogP contribution in [0.25, 0.3) is 11.3 Å². The molecule has 1 atom stereocenters. The van der Waals surface area contributed by atoms with E-state index in [9.17, 15) is 18.3 Å². The second kappa shape index (κ2) is 20.8. The van der Waals surface area contributed by atoms with E-state index in [2.05, 4.69) is 10.3 Å². The maximum absolute atomic E-state index is 13.4. The van der Waals surface area contributed by atoms with Gasteiger partial charge >= 0.3 is 23.2 Å². The van der Waals surface area contributed by atoms with Gasteiger partial charge in [0.2, 0.25) is 0 Å². The van der Waals surface area contributed by atoms with Gasteiger partial charge in [0.1, 0.15) is 5.69 Å². The number of aliphatic hydroxyl groups excluding tert-OH is 1. The molecule has 2 N–H and O–H groups in total. The van der Waals surface area contributed by atoms with Gasteiger partial charge in [0.15, 0.2) is 0 Å². The van der Waals surface area contributed by atoms with Gasteiger partial charge in [-0.1, -0.05) is 100 Å². The first-order chi connectivity index (χ1) is 16.8. The van der Waals surface area contributed by atoms with Crippen LogP contribution in [0.3, 0.4) is 0 Å². The second-order valence-corrected chi connectivity index (χ2v) is 10.2. The second-order valence-electron chi connectivity index (χ2n) is 10.2. The molecule has 0 amide bonds. The molecule has 1 aromatic carbocycles. The summed E-state index contributed by atoms with van der Waals surface area (Å²) in [6.45, 7) is 2.89. The van der Waals surface area contributed by atoms with Crippen molar-refractivity contribution in [2.75, 3.05) is 13.1 Å².